The number of amides is 1. The largest absolute Gasteiger partial charge is 0.370 e. The normalized spacial score (nSPS) is 10.4. The summed E-state index contributed by atoms with van der Waals surface area (Å²) in [5.41, 5.74) is 2.72. The molecule has 1 heterocycles. The summed E-state index contributed by atoms with van der Waals surface area (Å²) < 4.78 is 12.9. The molecule has 0 aliphatic heterocycles. The van der Waals surface area contributed by atoms with E-state index in [9.17, 15) is 9.18 Å². The second-order valence-corrected chi connectivity index (χ2v) is 6.30. The van der Waals surface area contributed by atoms with Crippen molar-refractivity contribution in [1.29, 1.82) is 0 Å². The van der Waals surface area contributed by atoms with Gasteiger partial charge in [0.1, 0.15) is 11.6 Å². The summed E-state index contributed by atoms with van der Waals surface area (Å²) in [7, 11) is 0. The lowest BCUT2D eigenvalue weighted by Crippen LogP contribution is -2.14. The topological polar surface area (TPSA) is 54.0 Å². The van der Waals surface area contributed by atoms with Gasteiger partial charge in [-0.15, -0.1) is 0 Å². The smallest absolute Gasteiger partial charge is 0.228 e. The van der Waals surface area contributed by atoms with Crippen molar-refractivity contribution in [3.63, 3.8) is 0 Å². The van der Waals surface area contributed by atoms with Gasteiger partial charge in [-0.25, -0.2) is 9.37 Å². The molecular formula is C22H22FN3O. The minimum Gasteiger partial charge on any atom is -0.370 e. The summed E-state index contributed by atoms with van der Waals surface area (Å²) in [6.45, 7) is 0.832. The maximum absolute atomic E-state index is 12.9. The molecule has 0 atom stereocenters. The second-order valence-electron chi connectivity index (χ2n) is 6.30. The van der Waals surface area contributed by atoms with Gasteiger partial charge >= 0.3 is 0 Å². The van der Waals surface area contributed by atoms with Crippen LogP contribution in [0, 0.1) is 5.82 Å². The van der Waals surface area contributed by atoms with Gasteiger partial charge in [0.2, 0.25) is 5.91 Å². The number of carbonyl (C=O) groups excluding carboxylic acids is 1. The zero-order valence-electron chi connectivity index (χ0n) is 15.0. The lowest BCUT2D eigenvalue weighted by molar-refractivity contribution is -0.115. The summed E-state index contributed by atoms with van der Waals surface area (Å²) >= 11 is 0. The quantitative estimate of drug-likeness (QED) is 0.582. The van der Waals surface area contributed by atoms with Gasteiger partial charge in [-0.2, -0.15) is 0 Å². The number of rotatable bonds is 8. The van der Waals surface area contributed by atoms with E-state index in [2.05, 4.69) is 27.8 Å². The lowest BCUT2D eigenvalue weighted by atomic mass is 10.1. The van der Waals surface area contributed by atoms with E-state index in [1.54, 1.807) is 18.3 Å². The molecule has 5 heteroatoms. The van der Waals surface area contributed by atoms with Crippen LogP contribution in [0.4, 0.5) is 15.9 Å². The first-order valence-electron chi connectivity index (χ1n) is 8.97. The summed E-state index contributed by atoms with van der Waals surface area (Å²) in [5, 5.41) is 6.08. The molecule has 0 aliphatic rings. The van der Waals surface area contributed by atoms with Crippen molar-refractivity contribution >= 4 is 17.4 Å². The summed E-state index contributed by atoms with van der Waals surface area (Å²) in [5.74, 6) is 0.307. The summed E-state index contributed by atoms with van der Waals surface area (Å²) in [4.78, 5) is 16.4. The van der Waals surface area contributed by atoms with Gasteiger partial charge < -0.3 is 10.6 Å². The standard InChI is InChI=1S/C22H22FN3O/c23-19-10-8-18(9-11-19)15-22(27)26-20-12-13-21(25-16-20)24-14-4-7-17-5-2-1-3-6-17/h1-3,5-6,8-13,16H,4,7,14-15H2,(H,24,25)(H,26,27). The Morgan fingerprint density at radius 1 is 0.926 bits per heavy atom. The lowest BCUT2D eigenvalue weighted by Gasteiger charge is -2.08. The van der Waals surface area contributed by atoms with Crippen LogP contribution in [-0.4, -0.2) is 17.4 Å². The van der Waals surface area contributed by atoms with Crippen LogP contribution in [0.25, 0.3) is 0 Å². The number of hydrogen-bond donors (Lipinski definition) is 2. The van der Waals surface area contributed by atoms with Gasteiger partial charge in [-0.3, -0.25) is 4.79 Å². The molecule has 2 aromatic carbocycles. The molecule has 0 bridgehead atoms. The van der Waals surface area contributed by atoms with Crippen LogP contribution in [0.1, 0.15) is 17.5 Å². The molecule has 0 spiro atoms. The zero-order chi connectivity index (χ0) is 18.9. The molecule has 0 fully saturated rings. The van der Waals surface area contributed by atoms with E-state index in [-0.39, 0.29) is 18.1 Å². The van der Waals surface area contributed by atoms with Gasteiger partial charge in [0, 0.05) is 6.54 Å². The molecule has 0 saturated carbocycles. The Hall–Kier alpha value is -3.21. The number of halogens is 1. The predicted octanol–water partition coefficient (Wildman–Crippen LogP) is 4.45. The highest BCUT2D eigenvalue weighted by atomic mass is 19.1. The van der Waals surface area contributed by atoms with E-state index in [4.69, 9.17) is 0 Å². The fraction of sp³-hybridized carbons (Fsp3) is 0.182. The van der Waals surface area contributed by atoms with Gasteiger partial charge in [-0.05, 0) is 48.2 Å². The average molecular weight is 363 g/mol. The number of carbonyl (C=O) groups is 1. The number of anilines is 2. The van der Waals surface area contributed by atoms with E-state index in [1.807, 2.05) is 30.3 Å². The second kappa shape index (κ2) is 9.48. The fourth-order valence-electron chi connectivity index (χ4n) is 2.72. The molecule has 1 amide bonds. The molecule has 3 aromatic rings. The number of benzene rings is 2. The maximum Gasteiger partial charge on any atom is 0.228 e. The third kappa shape index (κ3) is 6.22. The highest BCUT2D eigenvalue weighted by Crippen LogP contribution is 2.11. The predicted molar refractivity (Wildman–Crippen MR) is 106 cm³/mol. The molecule has 0 unspecified atom stereocenters. The number of aromatic nitrogens is 1. The van der Waals surface area contributed by atoms with Crippen molar-refractivity contribution in [3.05, 3.63) is 89.9 Å². The van der Waals surface area contributed by atoms with Crippen molar-refractivity contribution in [2.75, 3.05) is 17.2 Å². The number of nitrogens with one attached hydrogen (secondary N) is 2. The van der Waals surface area contributed by atoms with E-state index in [0.29, 0.717) is 5.69 Å². The van der Waals surface area contributed by atoms with Gasteiger partial charge in [0.15, 0.2) is 0 Å². The van der Waals surface area contributed by atoms with Crippen molar-refractivity contribution in [1.82, 2.24) is 4.98 Å². The van der Waals surface area contributed by atoms with Crippen LogP contribution in [0.3, 0.4) is 0 Å². The number of aryl methyl sites for hydroxylation is 1. The molecule has 0 saturated heterocycles. The Bertz CT molecular complexity index is 849. The Morgan fingerprint density at radius 2 is 1.70 bits per heavy atom. The Balaban J connectivity index is 1.41. The number of pyridine rings is 1. The molecule has 138 valence electrons. The molecule has 0 radical (unpaired) electrons. The van der Waals surface area contributed by atoms with Crippen LogP contribution < -0.4 is 10.6 Å². The first-order chi connectivity index (χ1) is 13.2. The van der Waals surface area contributed by atoms with Crippen molar-refractivity contribution < 1.29 is 9.18 Å². The van der Waals surface area contributed by atoms with Gasteiger partial charge in [0.25, 0.3) is 0 Å². The van der Waals surface area contributed by atoms with Crippen LogP contribution in [-0.2, 0) is 17.6 Å². The fourth-order valence-corrected chi connectivity index (χ4v) is 2.72. The van der Waals surface area contributed by atoms with Crippen LogP contribution in [0.15, 0.2) is 72.9 Å². The molecule has 4 nitrogen and oxygen atoms in total. The molecule has 27 heavy (non-hydrogen) atoms. The van der Waals surface area contributed by atoms with Crippen LogP contribution >= 0.6 is 0 Å². The van der Waals surface area contributed by atoms with Crippen molar-refractivity contribution in [2.24, 2.45) is 0 Å². The van der Waals surface area contributed by atoms with E-state index in [1.165, 1.54) is 17.7 Å². The molecular weight excluding hydrogens is 341 g/mol. The number of nitrogens with zero attached hydrogens (tertiary/aromatic N) is 1. The first-order valence-corrected chi connectivity index (χ1v) is 8.97. The minimum absolute atomic E-state index is 0.160. The third-order valence-electron chi connectivity index (χ3n) is 4.12. The molecule has 2 N–H and O–H groups in total. The molecule has 0 aliphatic carbocycles. The molecule has 3 rings (SSSR count). The van der Waals surface area contributed by atoms with E-state index >= 15 is 0 Å². The van der Waals surface area contributed by atoms with Crippen molar-refractivity contribution in [3.8, 4) is 0 Å². The molecule has 1 aromatic heterocycles. The van der Waals surface area contributed by atoms with Crippen LogP contribution in [0.5, 0.6) is 0 Å². The Kier molecular flexibility index (Phi) is 6.52. The van der Waals surface area contributed by atoms with Crippen molar-refractivity contribution in [2.45, 2.75) is 19.3 Å². The average Bonchev–Trinajstić information content (AvgIpc) is 2.69. The highest BCUT2D eigenvalue weighted by Gasteiger charge is 2.05. The Morgan fingerprint density at radius 3 is 2.41 bits per heavy atom. The monoisotopic (exact) mass is 363 g/mol. The highest BCUT2D eigenvalue weighted by molar-refractivity contribution is 5.92. The summed E-state index contributed by atoms with van der Waals surface area (Å²) in [6.07, 6.45) is 3.86. The summed E-state index contributed by atoms with van der Waals surface area (Å²) in [6, 6.07) is 19.9. The number of hydrogen-bond acceptors (Lipinski definition) is 3. The van der Waals surface area contributed by atoms with Crippen LogP contribution in [0.2, 0.25) is 0 Å². The minimum atomic E-state index is -0.310. The van der Waals surface area contributed by atoms with Gasteiger partial charge in [0.05, 0.1) is 18.3 Å². The zero-order valence-corrected chi connectivity index (χ0v) is 15.0. The van der Waals surface area contributed by atoms with E-state index < -0.39 is 0 Å². The maximum atomic E-state index is 12.9. The van der Waals surface area contributed by atoms with E-state index in [0.717, 1.165) is 30.8 Å². The Labute approximate surface area is 158 Å². The van der Waals surface area contributed by atoms with Gasteiger partial charge in [-0.1, -0.05) is 42.5 Å². The third-order valence-corrected chi connectivity index (χ3v) is 4.12. The SMILES string of the molecule is O=C(Cc1ccc(F)cc1)Nc1ccc(NCCCc2ccccc2)nc1. The first kappa shape index (κ1) is 18.6.